The second kappa shape index (κ2) is 8.74. The molecule has 0 fully saturated rings. The average molecular weight is 514 g/mol. The van der Waals surface area contributed by atoms with Gasteiger partial charge in [-0.1, -0.05) is 31.2 Å². The van der Waals surface area contributed by atoms with Crippen LogP contribution in [-0.4, -0.2) is 44.9 Å². The molecular weight excluding hydrogens is 486 g/mol. The number of para-hydroxylation sites is 1. The number of aromatic nitrogens is 5. The van der Waals surface area contributed by atoms with Gasteiger partial charge in [-0.25, -0.2) is 14.8 Å². The number of hydrogen-bond donors (Lipinski definition) is 1. The molecule has 1 atom stereocenters. The molecule has 5 heterocycles. The number of carbonyl (C=O) groups excluding carboxylic acids is 1. The molecule has 37 heavy (non-hydrogen) atoms. The van der Waals surface area contributed by atoms with Gasteiger partial charge in [-0.15, -0.1) is 0 Å². The summed E-state index contributed by atoms with van der Waals surface area (Å²) in [7, 11) is 0.666. The van der Waals surface area contributed by atoms with Gasteiger partial charge >= 0.3 is 5.97 Å². The van der Waals surface area contributed by atoms with Crippen LogP contribution in [0.5, 0.6) is 0 Å². The summed E-state index contributed by atoms with van der Waals surface area (Å²) in [5, 5.41) is 16.7. The van der Waals surface area contributed by atoms with E-state index in [9.17, 15) is 14.7 Å². The zero-order valence-electron chi connectivity index (χ0n) is 21.0. The second-order valence-electron chi connectivity index (χ2n) is 9.65. The summed E-state index contributed by atoms with van der Waals surface area (Å²) in [6.45, 7) is 5.87. The van der Waals surface area contributed by atoms with E-state index >= 15 is 0 Å². The molecule has 0 aliphatic carbocycles. The molecule has 2 radical (unpaired) electrons. The topological polar surface area (TPSA) is 112 Å². The van der Waals surface area contributed by atoms with Crippen LogP contribution in [0.4, 0.5) is 0 Å². The third-order valence-electron chi connectivity index (χ3n) is 7.49. The van der Waals surface area contributed by atoms with E-state index in [1.165, 1.54) is 5.56 Å². The summed E-state index contributed by atoms with van der Waals surface area (Å²) in [5.74, 6) is 0.998. The Kier molecular flexibility index (Phi) is 5.61. The Morgan fingerprint density at radius 1 is 1.16 bits per heavy atom. The van der Waals surface area contributed by atoms with Gasteiger partial charge in [-0.3, -0.25) is 9.48 Å². The van der Waals surface area contributed by atoms with Crippen molar-refractivity contribution in [3.63, 3.8) is 0 Å². The number of rotatable bonds is 6. The monoisotopic (exact) mass is 513 g/mol. The fourth-order valence-electron chi connectivity index (χ4n) is 5.51. The number of ether oxygens (including phenoxy) is 1. The highest BCUT2D eigenvalue weighted by Gasteiger charge is 2.45. The lowest BCUT2D eigenvalue weighted by Gasteiger charge is -2.31. The smallest absolute Gasteiger partial charge is 0.343 e. The maximum Gasteiger partial charge on any atom is 0.343 e. The van der Waals surface area contributed by atoms with E-state index in [-0.39, 0.29) is 18.6 Å². The maximum absolute atomic E-state index is 13.6. The maximum atomic E-state index is 13.6. The molecule has 0 spiro atoms. The molecule has 4 aromatic rings. The van der Waals surface area contributed by atoms with E-state index in [0.29, 0.717) is 32.9 Å². The van der Waals surface area contributed by atoms with Gasteiger partial charge in [-0.2, -0.15) is 5.10 Å². The van der Waals surface area contributed by atoms with Crippen molar-refractivity contribution >= 4 is 26.4 Å². The molecule has 0 bridgehead atoms. The van der Waals surface area contributed by atoms with Crippen molar-refractivity contribution in [2.75, 3.05) is 0 Å². The fourth-order valence-corrected chi connectivity index (χ4v) is 6.60. The first-order valence-corrected chi connectivity index (χ1v) is 13.9. The van der Waals surface area contributed by atoms with Gasteiger partial charge < -0.3 is 14.4 Å². The van der Waals surface area contributed by atoms with Crippen molar-refractivity contribution in [2.45, 2.75) is 64.6 Å². The van der Waals surface area contributed by atoms with Crippen molar-refractivity contribution < 1.29 is 14.6 Å². The average Bonchev–Trinajstić information content (AvgIpc) is 3.42. The molecule has 10 heteroatoms. The quantitative estimate of drug-likeness (QED) is 0.211. The van der Waals surface area contributed by atoms with E-state index in [2.05, 4.69) is 16.1 Å². The van der Waals surface area contributed by atoms with Gasteiger partial charge in [0.1, 0.15) is 18.3 Å². The molecule has 1 N–H and O–H groups in total. The lowest BCUT2D eigenvalue weighted by molar-refractivity contribution is -0.172. The molecule has 9 nitrogen and oxygen atoms in total. The van der Waals surface area contributed by atoms with Crippen molar-refractivity contribution in [3.05, 3.63) is 74.6 Å². The highest BCUT2D eigenvalue weighted by molar-refractivity contribution is 6.33. The van der Waals surface area contributed by atoms with Crippen LogP contribution in [0.3, 0.4) is 0 Å². The normalized spacial score (nSPS) is 18.0. The summed E-state index contributed by atoms with van der Waals surface area (Å²) < 4.78 is 8.86. The first-order chi connectivity index (χ1) is 17.8. The van der Waals surface area contributed by atoms with Gasteiger partial charge in [-0.05, 0) is 44.4 Å². The Morgan fingerprint density at radius 3 is 2.73 bits per heavy atom. The van der Waals surface area contributed by atoms with Crippen molar-refractivity contribution in [1.29, 1.82) is 0 Å². The Morgan fingerprint density at radius 2 is 1.97 bits per heavy atom. The van der Waals surface area contributed by atoms with Crippen LogP contribution in [0.25, 0.3) is 22.3 Å². The van der Waals surface area contributed by atoms with E-state index in [0.717, 1.165) is 52.4 Å². The molecule has 0 saturated heterocycles. The zero-order chi connectivity index (χ0) is 25.9. The van der Waals surface area contributed by atoms with Crippen molar-refractivity contribution in [2.24, 2.45) is 0 Å². The third kappa shape index (κ3) is 3.65. The first-order valence-electron chi connectivity index (χ1n) is 12.5. The second-order valence-corrected chi connectivity index (χ2v) is 11.0. The number of benzene rings is 1. The lowest BCUT2D eigenvalue weighted by atomic mass is 9.86. The van der Waals surface area contributed by atoms with Gasteiger partial charge in [0.15, 0.2) is 5.60 Å². The number of aryl methyl sites for hydroxylation is 3. The molecule has 0 unspecified atom stereocenters. The molecule has 3 aromatic heterocycles. The summed E-state index contributed by atoms with van der Waals surface area (Å²) in [6, 6.07) is 10.8. The SMILES string of the molecule is CC[C@@]1(O)C(=O)OCc2c1cc1n(c2=O)Cc2c-1nc1ccccc1c2CC[Si]Cn1nc(C)nc1C. The van der Waals surface area contributed by atoms with Crippen LogP contribution < -0.4 is 5.56 Å². The van der Waals surface area contributed by atoms with Crippen LogP contribution in [0, 0.1) is 13.8 Å². The number of hydrogen-bond acceptors (Lipinski definition) is 7. The van der Waals surface area contributed by atoms with E-state index in [1.54, 1.807) is 17.6 Å². The number of nitrogens with zero attached hydrogens (tertiary/aromatic N) is 5. The number of aliphatic hydroxyl groups is 1. The molecule has 0 amide bonds. The molecule has 6 rings (SSSR count). The summed E-state index contributed by atoms with van der Waals surface area (Å²) in [4.78, 5) is 35.4. The minimum atomic E-state index is -1.83. The Balaban J connectivity index is 1.41. The highest BCUT2D eigenvalue weighted by atomic mass is 28.2. The lowest BCUT2D eigenvalue weighted by Crippen LogP contribution is -2.44. The minimum absolute atomic E-state index is 0.122. The van der Waals surface area contributed by atoms with Crippen molar-refractivity contribution in [1.82, 2.24) is 24.3 Å². The minimum Gasteiger partial charge on any atom is -0.458 e. The Hall–Kier alpha value is -3.63. The number of fused-ring (bicyclic) bond motifs is 5. The Labute approximate surface area is 216 Å². The largest absolute Gasteiger partial charge is 0.458 e. The third-order valence-corrected chi connectivity index (χ3v) is 8.62. The van der Waals surface area contributed by atoms with Crippen LogP contribution in [0.2, 0.25) is 6.04 Å². The van der Waals surface area contributed by atoms with E-state index in [4.69, 9.17) is 9.72 Å². The highest BCUT2D eigenvalue weighted by Crippen LogP contribution is 2.40. The Bertz CT molecular complexity index is 1640. The predicted octanol–water partition coefficient (Wildman–Crippen LogP) is 2.61. The van der Waals surface area contributed by atoms with Gasteiger partial charge in [0.25, 0.3) is 5.56 Å². The predicted molar refractivity (Wildman–Crippen MR) is 138 cm³/mol. The van der Waals surface area contributed by atoms with Crippen LogP contribution in [0.1, 0.15) is 47.2 Å². The van der Waals surface area contributed by atoms with Crippen LogP contribution in [0.15, 0.2) is 35.1 Å². The molecule has 188 valence electrons. The summed E-state index contributed by atoms with van der Waals surface area (Å²) >= 11 is 0. The number of pyridine rings is 2. The summed E-state index contributed by atoms with van der Waals surface area (Å²) in [5.41, 5.74) is 3.09. The van der Waals surface area contributed by atoms with E-state index < -0.39 is 11.6 Å². The van der Waals surface area contributed by atoms with Gasteiger partial charge in [0.05, 0.1) is 38.5 Å². The molecule has 0 saturated carbocycles. The van der Waals surface area contributed by atoms with Crippen LogP contribution >= 0.6 is 0 Å². The summed E-state index contributed by atoms with van der Waals surface area (Å²) in [6.07, 6.45) is 1.80. The molecular formula is C27H27N5O4Si. The number of carbonyl (C=O) groups is 1. The van der Waals surface area contributed by atoms with Crippen LogP contribution in [-0.2, 0) is 40.9 Å². The van der Waals surface area contributed by atoms with Crippen molar-refractivity contribution in [3.8, 4) is 11.4 Å². The number of cyclic esters (lactones) is 1. The van der Waals surface area contributed by atoms with E-state index in [1.807, 2.05) is 36.7 Å². The number of esters is 1. The molecule has 1 aromatic carbocycles. The molecule has 2 aliphatic rings. The fraction of sp³-hybridized carbons (Fsp3) is 0.370. The standard InChI is InChI=1S/C27H27N5O4Si/c1-4-27(35)21-11-23-24-19(12-31(23)25(33)20(21)13-36-26(27)34)17(18-7-5-6-8-22(18)29-24)9-10-37-14-32-16(3)28-15(2)30-32/h5-8,11,35H,4,9-10,12-14H2,1-3H3/t27-/m0/s1. The van der Waals surface area contributed by atoms with Gasteiger partial charge in [0, 0.05) is 22.7 Å². The molecule has 2 aliphatic heterocycles. The van der Waals surface area contributed by atoms with Gasteiger partial charge in [0.2, 0.25) is 0 Å². The first kappa shape index (κ1) is 23.7. The zero-order valence-corrected chi connectivity index (χ0v) is 22.0.